The van der Waals surface area contributed by atoms with Crippen LogP contribution in [-0.2, 0) is 18.4 Å². The second-order valence-corrected chi connectivity index (χ2v) is 7.84. The van der Waals surface area contributed by atoms with Crippen molar-refractivity contribution in [3.63, 3.8) is 0 Å². The summed E-state index contributed by atoms with van der Waals surface area (Å²) in [4.78, 5) is 14.5. The molecule has 1 saturated heterocycles. The first kappa shape index (κ1) is 18.8. The van der Waals surface area contributed by atoms with Gasteiger partial charge in [0.15, 0.2) is 11.0 Å². The summed E-state index contributed by atoms with van der Waals surface area (Å²) in [5.74, 6) is 1.47. The van der Waals surface area contributed by atoms with Crippen LogP contribution in [0.15, 0.2) is 29.4 Å². The Morgan fingerprint density at radius 3 is 2.77 bits per heavy atom. The van der Waals surface area contributed by atoms with Crippen molar-refractivity contribution in [3.05, 3.63) is 35.7 Å². The molecule has 0 spiro atoms. The summed E-state index contributed by atoms with van der Waals surface area (Å²) in [6.45, 7) is 5.69. The molecular formula is C19H27N5OS. The summed E-state index contributed by atoms with van der Waals surface area (Å²) in [6, 6.07) is 8.62. The van der Waals surface area contributed by atoms with Gasteiger partial charge in [-0.3, -0.25) is 4.79 Å². The zero-order chi connectivity index (χ0) is 18.5. The van der Waals surface area contributed by atoms with Gasteiger partial charge in [0.05, 0.1) is 12.3 Å². The van der Waals surface area contributed by atoms with Gasteiger partial charge in [0, 0.05) is 25.3 Å². The molecule has 1 N–H and O–H groups in total. The fraction of sp³-hybridized carbons (Fsp3) is 0.526. The van der Waals surface area contributed by atoms with Gasteiger partial charge in [-0.2, -0.15) is 0 Å². The van der Waals surface area contributed by atoms with Crippen LogP contribution in [0.1, 0.15) is 37.6 Å². The quantitative estimate of drug-likeness (QED) is 0.788. The largest absolute Gasteiger partial charge is 0.378 e. The van der Waals surface area contributed by atoms with Crippen LogP contribution in [0, 0.1) is 6.92 Å². The zero-order valence-corrected chi connectivity index (χ0v) is 16.6. The molecule has 1 aromatic carbocycles. The Balaban J connectivity index is 1.53. The summed E-state index contributed by atoms with van der Waals surface area (Å²) in [5, 5.41) is 12.6. The lowest BCUT2D eigenvalue weighted by atomic mass is 10.0. The van der Waals surface area contributed by atoms with E-state index in [9.17, 15) is 4.79 Å². The van der Waals surface area contributed by atoms with Gasteiger partial charge in [-0.1, -0.05) is 29.5 Å². The molecule has 3 rings (SSSR count). The minimum Gasteiger partial charge on any atom is -0.378 e. The molecule has 6 nitrogen and oxygen atoms in total. The van der Waals surface area contributed by atoms with Gasteiger partial charge in [-0.05, 0) is 45.2 Å². The second-order valence-electron chi connectivity index (χ2n) is 6.90. The maximum absolute atomic E-state index is 12.5. The van der Waals surface area contributed by atoms with E-state index >= 15 is 0 Å². The highest BCUT2D eigenvalue weighted by atomic mass is 32.2. The molecule has 0 aliphatic carbocycles. The van der Waals surface area contributed by atoms with E-state index < -0.39 is 0 Å². The summed E-state index contributed by atoms with van der Waals surface area (Å²) in [5.41, 5.74) is 2.29. The normalized spacial score (nSPS) is 17.3. The summed E-state index contributed by atoms with van der Waals surface area (Å²) < 4.78 is 1.96. The van der Waals surface area contributed by atoms with Gasteiger partial charge in [0.25, 0.3) is 0 Å². The van der Waals surface area contributed by atoms with Gasteiger partial charge >= 0.3 is 0 Å². The Bertz CT molecular complexity index is 743. The van der Waals surface area contributed by atoms with Crippen LogP contribution < -0.4 is 5.32 Å². The van der Waals surface area contributed by atoms with Gasteiger partial charge in [0.1, 0.15) is 0 Å². The molecule has 1 aliphatic rings. The van der Waals surface area contributed by atoms with Crippen LogP contribution in [0.2, 0.25) is 0 Å². The number of benzene rings is 1. The third kappa shape index (κ3) is 4.58. The predicted octanol–water partition coefficient (Wildman–Crippen LogP) is 3.23. The zero-order valence-electron chi connectivity index (χ0n) is 15.7. The van der Waals surface area contributed by atoms with Crippen LogP contribution in [0.3, 0.4) is 0 Å². The van der Waals surface area contributed by atoms with Crippen molar-refractivity contribution in [2.24, 2.45) is 7.05 Å². The average Bonchev–Trinajstić information content (AvgIpc) is 2.99. The monoisotopic (exact) mass is 373 g/mol. The minimum atomic E-state index is 0.199. The lowest BCUT2D eigenvalue weighted by Gasteiger charge is -2.33. The fourth-order valence-electron chi connectivity index (χ4n) is 3.16. The maximum atomic E-state index is 12.5. The van der Waals surface area contributed by atoms with Crippen molar-refractivity contribution in [1.82, 2.24) is 19.7 Å². The van der Waals surface area contributed by atoms with E-state index in [4.69, 9.17) is 0 Å². The first-order valence-corrected chi connectivity index (χ1v) is 10.1. The maximum Gasteiger partial charge on any atom is 0.233 e. The number of hydrogen-bond acceptors (Lipinski definition) is 5. The number of thioether (sulfide) groups is 1. The number of anilines is 1. The van der Waals surface area contributed by atoms with E-state index in [1.54, 1.807) is 0 Å². The van der Waals surface area contributed by atoms with Crippen molar-refractivity contribution in [2.75, 3.05) is 17.6 Å². The molecule has 0 bridgehead atoms. The van der Waals surface area contributed by atoms with Crippen molar-refractivity contribution in [1.29, 1.82) is 0 Å². The van der Waals surface area contributed by atoms with Crippen molar-refractivity contribution >= 4 is 23.4 Å². The molecule has 1 aromatic heterocycles. The van der Waals surface area contributed by atoms with Crippen molar-refractivity contribution in [3.8, 4) is 0 Å². The molecular weight excluding hydrogens is 346 g/mol. The molecule has 7 heteroatoms. The Morgan fingerprint density at radius 2 is 2.04 bits per heavy atom. The highest BCUT2D eigenvalue weighted by molar-refractivity contribution is 7.99. The predicted molar refractivity (Wildman–Crippen MR) is 105 cm³/mol. The minimum absolute atomic E-state index is 0.199. The Morgan fingerprint density at radius 1 is 1.27 bits per heavy atom. The lowest BCUT2D eigenvalue weighted by molar-refractivity contribution is -0.131. The van der Waals surface area contributed by atoms with Crippen molar-refractivity contribution in [2.45, 2.75) is 50.9 Å². The van der Waals surface area contributed by atoms with Crippen molar-refractivity contribution < 1.29 is 4.79 Å². The highest BCUT2D eigenvalue weighted by Gasteiger charge is 2.23. The van der Waals surface area contributed by atoms with Crippen LogP contribution in [0.4, 0.5) is 5.69 Å². The standard InChI is InChI=1S/C19H27N5OS/c1-14-7-9-16(10-8-14)20-12-17-21-22-19(23(17)3)26-13-18(25)24-11-5-4-6-15(24)2/h7-10,15,20H,4-6,11-13H2,1-3H3. The topological polar surface area (TPSA) is 63.1 Å². The van der Waals surface area contributed by atoms with E-state index in [0.29, 0.717) is 18.3 Å². The van der Waals surface area contributed by atoms with E-state index in [2.05, 4.69) is 53.6 Å². The molecule has 1 atom stereocenters. The highest BCUT2D eigenvalue weighted by Crippen LogP contribution is 2.21. The smallest absolute Gasteiger partial charge is 0.233 e. The molecule has 0 radical (unpaired) electrons. The van der Waals surface area contributed by atoms with Gasteiger partial charge < -0.3 is 14.8 Å². The first-order valence-electron chi connectivity index (χ1n) is 9.15. The van der Waals surface area contributed by atoms with Crippen LogP contribution in [0.25, 0.3) is 0 Å². The number of amides is 1. The SMILES string of the molecule is Cc1ccc(NCc2nnc(SCC(=O)N3CCCCC3C)n2C)cc1. The number of likely N-dealkylation sites (tertiary alicyclic amines) is 1. The number of carbonyl (C=O) groups is 1. The Kier molecular flexibility index (Phi) is 6.19. The molecule has 2 aromatic rings. The molecule has 1 aliphatic heterocycles. The molecule has 1 amide bonds. The number of piperidine rings is 1. The van der Waals surface area contributed by atoms with Crippen LogP contribution >= 0.6 is 11.8 Å². The summed E-state index contributed by atoms with van der Waals surface area (Å²) in [7, 11) is 1.95. The first-order chi connectivity index (χ1) is 12.5. The number of aryl methyl sites for hydroxylation is 1. The number of hydrogen-bond donors (Lipinski definition) is 1. The third-order valence-electron chi connectivity index (χ3n) is 4.88. The van der Waals surface area contributed by atoms with Crippen LogP contribution in [-0.4, -0.2) is 43.9 Å². The van der Waals surface area contributed by atoms with Gasteiger partial charge in [0.2, 0.25) is 5.91 Å². The number of aromatic nitrogens is 3. The van der Waals surface area contributed by atoms with E-state index in [0.717, 1.165) is 36.1 Å². The fourth-order valence-corrected chi connectivity index (χ4v) is 3.97. The number of nitrogens with one attached hydrogen (secondary N) is 1. The van der Waals surface area contributed by atoms with E-state index in [1.165, 1.54) is 23.7 Å². The van der Waals surface area contributed by atoms with E-state index in [1.807, 2.05) is 16.5 Å². The average molecular weight is 374 g/mol. The Labute approximate surface area is 159 Å². The van der Waals surface area contributed by atoms with Gasteiger partial charge in [-0.25, -0.2) is 0 Å². The van der Waals surface area contributed by atoms with Crippen LogP contribution in [0.5, 0.6) is 0 Å². The number of rotatable bonds is 6. The van der Waals surface area contributed by atoms with Gasteiger partial charge in [-0.15, -0.1) is 10.2 Å². The Hall–Kier alpha value is -2.02. The summed E-state index contributed by atoms with van der Waals surface area (Å²) >= 11 is 1.47. The lowest BCUT2D eigenvalue weighted by Crippen LogP contribution is -2.42. The molecule has 1 fully saturated rings. The molecule has 2 heterocycles. The van der Waals surface area contributed by atoms with E-state index in [-0.39, 0.29) is 5.91 Å². The second kappa shape index (κ2) is 8.58. The number of carbonyl (C=O) groups excluding carboxylic acids is 1. The number of nitrogens with zero attached hydrogens (tertiary/aromatic N) is 4. The molecule has 26 heavy (non-hydrogen) atoms. The molecule has 0 saturated carbocycles. The summed E-state index contributed by atoms with van der Waals surface area (Å²) in [6.07, 6.45) is 3.44. The molecule has 1 unspecified atom stereocenters. The molecule has 140 valence electrons. The third-order valence-corrected chi connectivity index (χ3v) is 5.88.